The molecule has 1 aliphatic heterocycles. The molecule has 4 nitrogen and oxygen atoms in total. The zero-order valence-corrected chi connectivity index (χ0v) is 10.6. The summed E-state index contributed by atoms with van der Waals surface area (Å²) in [5, 5.41) is 12.0. The molecule has 0 bridgehead atoms. The minimum absolute atomic E-state index is 0.443. The highest BCUT2D eigenvalue weighted by Gasteiger charge is 2.12. The van der Waals surface area contributed by atoms with Gasteiger partial charge in [-0.25, -0.2) is 4.98 Å². The minimum atomic E-state index is 0.443. The summed E-state index contributed by atoms with van der Waals surface area (Å²) in [6.07, 6.45) is 7.98. The fourth-order valence-electron chi connectivity index (χ4n) is 2.18. The third kappa shape index (κ3) is 4.01. The topological polar surface area (TPSA) is 57.9 Å². The van der Waals surface area contributed by atoms with Gasteiger partial charge in [-0.3, -0.25) is 0 Å². The third-order valence-corrected chi connectivity index (χ3v) is 3.17. The van der Waals surface area contributed by atoms with E-state index in [9.17, 15) is 0 Å². The highest BCUT2D eigenvalue weighted by Crippen LogP contribution is 2.17. The van der Waals surface area contributed by atoms with E-state index in [4.69, 9.17) is 10.00 Å². The van der Waals surface area contributed by atoms with Gasteiger partial charge in [-0.05, 0) is 44.2 Å². The van der Waals surface area contributed by atoms with Crippen LogP contribution in [0.25, 0.3) is 0 Å². The SMILES string of the molecule is N#Cc1ccnc(NCCCC2CCCCO2)c1. The second-order valence-corrected chi connectivity index (χ2v) is 4.60. The van der Waals surface area contributed by atoms with Gasteiger partial charge in [0.1, 0.15) is 5.82 Å². The van der Waals surface area contributed by atoms with Crippen LogP contribution in [0.5, 0.6) is 0 Å². The summed E-state index contributed by atoms with van der Waals surface area (Å²) in [5.74, 6) is 0.776. The predicted molar refractivity (Wildman–Crippen MR) is 70.3 cm³/mol. The molecular formula is C14H19N3O. The van der Waals surface area contributed by atoms with Gasteiger partial charge in [0, 0.05) is 19.3 Å². The molecule has 1 aromatic heterocycles. The van der Waals surface area contributed by atoms with Crippen LogP contribution < -0.4 is 5.32 Å². The molecule has 2 rings (SSSR count). The molecule has 2 heterocycles. The largest absolute Gasteiger partial charge is 0.378 e. The van der Waals surface area contributed by atoms with Crippen molar-refractivity contribution in [2.24, 2.45) is 0 Å². The molecule has 0 saturated carbocycles. The van der Waals surface area contributed by atoms with E-state index in [1.165, 1.54) is 19.3 Å². The van der Waals surface area contributed by atoms with Crippen molar-refractivity contribution in [1.82, 2.24) is 4.98 Å². The first-order valence-corrected chi connectivity index (χ1v) is 6.60. The molecule has 18 heavy (non-hydrogen) atoms. The molecule has 0 spiro atoms. The molecule has 0 aliphatic carbocycles. The van der Waals surface area contributed by atoms with Gasteiger partial charge < -0.3 is 10.1 Å². The van der Waals surface area contributed by atoms with Gasteiger partial charge in [-0.1, -0.05) is 0 Å². The molecule has 1 saturated heterocycles. The number of hydrogen-bond donors (Lipinski definition) is 1. The van der Waals surface area contributed by atoms with Gasteiger partial charge in [0.25, 0.3) is 0 Å². The summed E-state index contributed by atoms with van der Waals surface area (Å²) in [4.78, 5) is 4.18. The Balaban J connectivity index is 1.67. The van der Waals surface area contributed by atoms with Crippen LogP contribution in [-0.2, 0) is 4.74 Å². The number of hydrogen-bond acceptors (Lipinski definition) is 4. The summed E-state index contributed by atoms with van der Waals surface area (Å²) >= 11 is 0. The fourth-order valence-corrected chi connectivity index (χ4v) is 2.18. The van der Waals surface area contributed by atoms with Crippen molar-refractivity contribution < 1.29 is 4.74 Å². The molecule has 1 fully saturated rings. The van der Waals surface area contributed by atoms with Crippen molar-refractivity contribution in [2.75, 3.05) is 18.5 Å². The summed E-state index contributed by atoms with van der Waals surface area (Å²) in [7, 11) is 0. The van der Waals surface area contributed by atoms with Crippen molar-refractivity contribution in [1.29, 1.82) is 5.26 Å². The Morgan fingerprint density at radius 2 is 2.44 bits per heavy atom. The summed E-state index contributed by atoms with van der Waals surface area (Å²) in [6, 6.07) is 5.59. The first-order chi connectivity index (χ1) is 8.88. The van der Waals surface area contributed by atoms with Gasteiger partial charge >= 0.3 is 0 Å². The Morgan fingerprint density at radius 3 is 3.22 bits per heavy atom. The van der Waals surface area contributed by atoms with Crippen molar-refractivity contribution in [3.8, 4) is 6.07 Å². The van der Waals surface area contributed by atoms with Gasteiger partial charge in [-0.2, -0.15) is 5.26 Å². The summed E-state index contributed by atoms with van der Waals surface area (Å²) in [6.45, 7) is 1.80. The van der Waals surface area contributed by atoms with Gasteiger partial charge in [0.2, 0.25) is 0 Å². The molecule has 0 amide bonds. The van der Waals surface area contributed by atoms with Gasteiger partial charge in [-0.15, -0.1) is 0 Å². The van der Waals surface area contributed by atoms with Crippen LogP contribution in [0.3, 0.4) is 0 Å². The van der Waals surface area contributed by atoms with Gasteiger partial charge in [0.15, 0.2) is 0 Å². The monoisotopic (exact) mass is 245 g/mol. The molecule has 1 atom stereocenters. The number of ether oxygens (including phenoxy) is 1. The van der Waals surface area contributed by atoms with Crippen LogP contribution >= 0.6 is 0 Å². The van der Waals surface area contributed by atoms with Crippen molar-refractivity contribution >= 4 is 5.82 Å². The lowest BCUT2D eigenvalue weighted by molar-refractivity contribution is 0.0107. The van der Waals surface area contributed by atoms with E-state index in [1.807, 2.05) is 0 Å². The van der Waals surface area contributed by atoms with E-state index >= 15 is 0 Å². The van der Waals surface area contributed by atoms with E-state index in [0.717, 1.165) is 31.8 Å². The van der Waals surface area contributed by atoms with Crippen LogP contribution in [0.1, 0.15) is 37.7 Å². The average molecular weight is 245 g/mol. The second kappa shape index (κ2) is 6.97. The number of nitrogens with zero attached hydrogens (tertiary/aromatic N) is 2. The number of nitrogens with one attached hydrogen (secondary N) is 1. The first-order valence-electron chi connectivity index (χ1n) is 6.60. The summed E-state index contributed by atoms with van der Waals surface area (Å²) in [5.41, 5.74) is 0.642. The second-order valence-electron chi connectivity index (χ2n) is 4.60. The van der Waals surface area contributed by atoms with Crippen LogP contribution in [-0.4, -0.2) is 24.2 Å². The van der Waals surface area contributed by atoms with Crippen LogP contribution in [0, 0.1) is 11.3 Å². The Kier molecular flexibility index (Phi) is 4.98. The van der Waals surface area contributed by atoms with Crippen molar-refractivity contribution in [2.45, 2.75) is 38.2 Å². The molecule has 1 unspecified atom stereocenters. The molecular weight excluding hydrogens is 226 g/mol. The van der Waals surface area contributed by atoms with E-state index in [0.29, 0.717) is 11.7 Å². The maximum atomic E-state index is 8.78. The smallest absolute Gasteiger partial charge is 0.127 e. The highest BCUT2D eigenvalue weighted by molar-refractivity contribution is 5.42. The molecule has 96 valence electrons. The maximum Gasteiger partial charge on any atom is 0.127 e. The molecule has 4 heteroatoms. The standard InChI is InChI=1S/C14H19N3O/c15-11-12-6-8-17-14(10-12)16-7-3-5-13-4-1-2-9-18-13/h6,8,10,13H,1-5,7,9H2,(H,16,17). The molecule has 1 aliphatic rings. The van der Waals surface area contributed by atoms with Crippen molar-refractivity contribution in [3.63, 3.8) is 0 Å². The van der Waals surface area contributed by atoms with E-state index in [-0.39, 0.29) is 0 Å². The zero-order chi connectivity index (χ0) is 12.6. The number of nitriles is 1. The zero-order valence-electron chi connectivity index (χ0n) is 10.6. The average Bonchev–Trinajstić information content (AvgIpc) is 2.45. The Hall–Kier alpha value is -1.60. The quantitative estimate of drug-likeness (QED) is 0.810. The molecule has 1 aromatic rings. The number of aromatic nitrogens is 1. The summed E-state index contributed by atoms with van der Waals surface area (Å²) < 4.78 is 5.68. The Bertz CT molecular complexity index is 408. The van der Waals surface area contributed by atoms with E-state index in [1.54, 1.807) is 18.3 Å². The highest BCUT2D eigenvalue weighted by atomic mass is 16.5. The van der Waals surface area contributed by atoms with E-state index < -0.39 is 0 Å². The predicted octanol–water partition coefficient (Wildman–Crippen LogP) is 2.71. The molecule has 0 aromatic carbocycles. The number of anilines is 1. The lowest BCUT2D eigenvalue weighted by Crippen LogP contribution is -2.19. The van der Waals surface area contributed by atoms with Crippen LogP contribution in [0.4, 0.5) is 5.82 Å². The van der Waals surface area contributed by atoms with Crippen molar-refractivity contribution in [3.05, 3.63) is 23.9 Å². The minimum Gasteiger partial charge on any atom is -0.378 e. The number of pyridine rings is 1. The fraction of sp³-hybridized carbons (Fsp3) is 0.571. The lowest BCUT2D eigenvalue weighted by atomic mass is 10.0. The van der Waals surface area contributed by atoms with Crippen LogP contribution in [0.15, 0.2) is 18.3 Å². The number of rotatable bonds is 5. The van der Waals surface area contributed by atoms with Crippen LogP contribution in [0.2, 0.25) is 0 Å². The molecule has 1 N–H and O–H groups in total. The van der Waals surface area contributed by atoms with Gasteiger partial charge in [0.05, 0.1) is 17.7 Å². The Morgan fingerprint density at radius 1 is 1.50 bits per heavy atom. The lowest BCUT2D eigenvalue weighted by Gasteiger charge is -2.22. The first kappa shape index (κ1) is 12.8. The third-order valence-electron chi connectivity index (χ3n) is 3.17. The maximum absolute atomic E-state index is 8.78. The normalized spacial score (nSPS) is 19.2. The molecule has 0 radical (unpaired) electrons. The Labute approximate surface area is 108 Å². The van der Waals surface area contributed by atoms with E-state index in [2.05, 4.69) is 16.4 Å².